The van der Waals surface area contributed by atoms with Gasteiger partial charge in [0.15, 0.2) is 5.65 Å². The SMILES string of the molecule is C=CC(=O)N1CCCC(n2nc(-c3ccc(O)cc3F)c3c(N)ncnc32)C1. The first-order chi connectivity index (χ1) is 13.5. The number of hydrogen-bond acceptors (Lipinski definition) is 6. The van der Waals surface area contributed by atoms with E-state index in [1.165, 1.54) is 24.5 Å². The number of likely N-dealkylation sites (tertiary alicyclic amines) is 1. The van der Waals surface area contributed by atoms with Crippen molar-refractivity contribution in [3.63, 3.8) is 0 Å². The molecule has 2 aromatic heterocycles. The molecule has 1 aliphatic rings. The van der Waals surface area contributed by atoms with Gasteiger partial charge in [0.1, 0.15) is 29.4 Å². The van der Waals surface area contributed by atoms with E-state index in [9.17, 15) is 14.3 Å². The van der Waals surface area contributed by atoms with Gasteiger partial charge in [-0.2, -0.15) is 5.10 Å². The number of halogens is 1. The van der Waals surface area contributed by atoms with Crippen LogP contribution >= 0.6 is 0 Å². The number of nitrogens with zero attached hydrogens (tertiary/aromatic N) is 5. The summed E-state index contributed by atoms with van der Waals surface area (Å²) in [6, 6.07) is 3.71. The van der Waals surface area contributed by atoms with Crippen molar-refractivity contribution < 1.29 is 14.3 Å². The highest BCUT2D eigenvalue weighted by molar-refractivity contribution is 5.98. The highest BCUT2D eigenvalue weighted by atomic mass is 19.1. The minimum absolute atomic E-state index is 0.136. The lowest BCUT2D eigenvalue weighted by Crippen LogP contribution is -2.40. The van der Waals surface area contributed by atoms with Gasteiger partial charge in [0, 0.05) is 24.7 Å². The number of nitrogens with two attached hydrogens (primary N) is 1. The monoisotopic (exact) mass is 382 g/mol. The molecular weight excluding hydrogens is 363 g/mol. The zero-order valence-corrected chi connectivity index (χ0v) is 15.0. The van der Waals surface area contributed by atoms with Crippen LogP contribution < -0.4 is 5.73 Å². The van der Waals surface area contributed by atoms with Crippen molar-refractivity contribution in [3.8, 4) is 17.0 Å². The number of phenolic OH excluding ortho intramolecular Hbond substituents is 1. The molecule has 1 aromatic carbocycles. The molecule has 0 spiro atoms. The fourth-order valence-electron chi connectivity index (χ4n) is 3.62. The van der Waals surface area contributed by atoms with E-state index < -0.39 is 5.82 Å². The van der Waals surface area contributed by atoms with Gasteiger partial charge in [-0.05, 0) is 31.1 Å². The molecule has 1 aliphatic heterocycles. The Labute approximate surface area is 160 Å². The lowest BCUT2D eigenvalue weighted by atomic mass is 10.1. The lowest BCUT2D eigenvalue weighted by molar-refractivity contribution is -0.127. The topological polar surface area (TPSA) is 110 Å². The number of aromatic nitrogens is 4. The van der Waals surface area contributed by atoms with E-state index in [2.05, 4.69) is 21.6 Å². The van der Waals surface area contributed by atoms with Crippen LogP contribution in [0.2, 0.25) is 0 Å². The summed E-state index contributed by atoms with van der Waals surface area (Å²) in [4.78, 5) is 22.1. The summed E-state index contributed by atoms with van der Waals surface area (Å²) in [6.45, 7) is 4.64. The molecule has 144 valence electrons. The summed E-state index contributed by atoms with van der Waals surface area (Å²) in [6.07, 6.45) is 4.22. The maximum absolute atomic E-state index is 14.5. The molecule has 3 aromatic rings. The minimum Gasteiger partial charge on any atom is -0.508 e. The molecule has 0 radical (unpaired) electrons. The van der Waals surface area contributed by atoms with E-state index in [4.69, 9.17) is 5.73 Å². The number of piperidine rings is 1. The summed E-state index contributed by atoms with van der Waals surface area (Å²) in [5.41, 5.74) is 7.04. The molecule has 0 bridgehead atoms. The van der Waals surface area contributed by atoms with Crippen LogP contribution in [0.25, 0.3) is 22.3 Å². The van der Waals surface area contributed by atoms with Gasteiger partial charge in [0.05, 0.1) is 11.4 Å². The third-order valence-electron chi connectivity index (χ3n) is 4.95. The first-order valence-corrected chi connectivity index (χ1v) is 8.88. The fourth-order valence-corrected chi connectivity index (χ4v) is 3.62. The Balaban J connectivity index is 1.85. The van der Waals surface area contributed by atoms with Crippen molar-refractivity contribution >= 4 is 22.8 Å². The second-order valence-corrected chi connectivity index (χ2v) is 6.70. The van der Waals surface area contributed by atoms with Crippen molar-refractivity contribution in [3.05, 3.63) is 43.0 Å². The predicted octanol–water partition coefficient (Wildman–Crippen LogP) is 2.27. The molecule has 3 heterocycles. The van der Waals surface area contributed by atoms with Crippen LogP contribution in [0.4, 0.5) is 10.2 Å². The van der Waals surface area contributed by atoms with Crippen LogP contribution in [0.1, 0.15) is 18.9 Å². The number of carbonyl (C=O) groups is 1. The zero-order valence-electron chi connectivity index (χ0n) is 15.0. The van der Waals surface area contributed by atoms with E-state index in [1.54, 1.807) is 9.58 Å². The van der Waals surface area contributed by atoms with Crippen LogP contribution in [0, 0.1) is 5.82 Å². The molecule has 3 N–H and O–H groups in total. The maximum Gasteiger partial charge on any atom is 0.246 e. The highest BCUT2D eigenvalue weighted by Gasteiger charge is 2.28. The Kier molecular flexibility index (Phi) is 4.42. The Morgan fingerprint density at radius 1 is 1.39 bits per heavy atom. The summed E-state index contributed by atoms with van der Waals surface area (Å²) >= 11 is 0. The summed E-state index contributed by atoms with van der Waals surface area (Å²) in [5.74, 6) is -0.754. The molecule has 8 nitrogen and oxygen atoms in total. The maximum atomic E-state index is 14.5. The zero-order chi connectivity index (χ0) is 19.8. The number of amides is 1. The highest BCUT2D eigenvalue weighted by Crippen LogP contribution is 2.35. The van der Waals surface area contributed by atoms with Crippen LogP contribution in [-0.4, -0.2) is 48.8 Å². The van der Waals surface area contributed by atoms with Crippen LogP contribution in [0.3, 0.4) is 0 Å². The Bertz CT molecular complexity index is 1080. The molecule has 1 amide bonds. The first-order valence-electron chi connectivity index (χ1n) is 8.88. The minimum atomic E-state index is -0.623. The van der Waals surface area contributed by atoms with Crippen molar-refractivity contribution in [2.24, 2.45) is 0 Å². The number of phenols is 1. The number of fused-ring (bicyclic) bond motifs is 1. The average molecular weight is 382 g/mol. The molecule has 1 fully saturated rings. The number of anilines is 1. The van der Waals surface area contributed by atoms with Crippen molar-refractivity contribution in [2.75, 3.05) is 18.8 Å². The van der Waals surface area contributed by atoms with Gasteiger partial charge in [-0.15, -0.1) is 0 Å². The smallest absolute Gasteiger partial charge is 0.246 e. The first kappa shape index (κ1) is 17.9. The summed E-state index contributed by atoms with van der Waals surface area (Å²) < 4.78 is 16.2. The normalized spacial score (nSPS) is 17.0. The van der Waals surface area contributed by atoms with Gasteiger partial charge in [0.2, 0.25) is 5.91 Å². The number of carbonyl (C=O) groups excluding carboxylic acids is 1. The molecular formula is C19H19FN6O2. The molecule has 1 unspecified atom stereocenters. The predicted molar refractivity (Wildman–Crippen MR) is 102 cm³/mol. The van der Waals surface area contributed by atoms with Crippen molar-refractivity contribution in [1.82, 2.24) is 24.6 Å². The molecule has 28 heavy (non-hydrogen) atoms. The van der Waals surface area contributed by atoms with Gasteiger partial charge in [0.25, 0.3) is 0 Å². The standard InChI is InChI=1S/C19H19FN6O2/c1-2-15(28)25-7-3-4-11(9-25)26-19-16(18(21)22-10-23-19)17(24-26)13-6-5-12(27)8-14(13)20/h2,5-6,8,10-11,27H,1,3-4,7,9H2,(H2,21,22,23). The van der Waals surface area contributed by atoms with Gasteiger partial charge < -0.3 is 15.7 Å². The van der Waals surface area contributed by atoms with Crippen molar-refractivity contribution in [2.45, 2.75) is 18.9 Å². The number of benzene rings is 1. The van der Waals surface area contributed by atoms with Crippen molar-refractivity contribution in [1.29, 1.82) is 0 Å². The number of aromatic hydroxyl groups is 1. The molecule has 0 saturated carbocycles. The number of hydrogen-bond donors (Lipinski definition) is 2. The quantitative estimate of drug-likeness (QED) is 0.673. The van der Waals surface area contributed by atoms with E-state index in [0.717, 1.165) is 18.9 Å². The van der Waals surface area contributed by atoms with Crippen LogP contribution in [0.5, 0.6) is 5.75 Å². The molecule has 1 atom stereocenters. The largest absolute Gasteiger partial charge is 0.508 e. The Morgan fingerprint density at radius 2 is 2.21 bits per heavy atom. The third-order valence-corrected chi connectivity index (χ3v) is 4.95. The third kappa shape index (κ3) is 2.94. The summed E-state index contributed by atoms with van der Waals surface area (Å²) in [5, 5.41) is 14.6. The van der Waals surface area contributed by atoms with Gasteiger partial charge in [-0.25, -0.2) is 19.0 Å². The van der Waals surface area contributed by atoms with Gasteiger partial charge >= 0.3 is 0 Å². The number of nitrogen functional groups attached to an aromatic ring is 1. The van der Waals surface area contributed by atoms with E-state index in [1.807, 2.05) is 0 Å². The van der Waals surface area contributed by atoms with Crippen LogP contribution in [-0.2, 0) is 4.79 Å². The van der Waals surface area contributed by atoms with E-state index in [-0.39, 0.29) is 29.1 Å². The average Bonchev–Trinajstić information content (AvgIpc) is 3.08. The van der Waals surface area contributed by atoms with Gasteiger partial charge in [-0.3, -0.25) is 4.79 Å². The van der Waals surface area contributed by atoms with E-state index >= 15 is 0 Å². The lowest BCUT2D eigenvalue weighted by Gasteiger charge is -2.32. The molecule has 1 saturated heterocycles. The Hall–Kier alpha value is -3.49. The molecule has 0 aliphatic carbocycles. The molecule has 9 heteroatoms. The second-order valence-electron chi connectivity index (χ2n) is 6.70. The van der Waals surface area contributed by atoms with E-state index in [0.29, 0.717) is 29.8 Å². The summed E-state index contributed by atoms with van der Waals surface area (Å²) in [7, 11) is 0. The molecule has 4 rings (SSSR count). The second kappa shape index (κ2) is 6.91. The number of rotatable bonds is 3. The van der Waals surface area contributed by atoms with Gasteiger partial charge in [-0.1, -0.05) is 6.58 Å². The Morgan fingerprint density at radius 3 is 2.96 bits per heavy atom. The fraction of sp³-hybridized carbons (Fsp3) is 0.263. The van der Waals surface area contributed by atoms with Crippen LogP contribution in [0.15, 0.2) is 37.2 Å².